The second-order valence-corrected chi connectivity index (χ2v) is 7.38. The highest BCUT2D eigenvalue weighted by atomic mass is 19.3. The van der Waals surface area contributed by atoms with Crippen LogP contribution in [0.2, 0.25) is 0 Å². The molecule has 1 aromatic heterocycles. The van der Waals surface area contributed by atoms with E-state index in [1.54, 1.807) is 4.90 Å². The Hall–Kier alpha value is -3.28. The number of benzene rings is 1. The summed E-state index contributed by atoms with van der Waals surface area (Å²) in [6.07, 6.45) is -3.09. The Balaban J connectivity index is 1.34. The zero-order valence-electron chi connectivity index (χ0n) is 16.8. The number of amides is 1. The summed E-state index contributed by atoms with van der Waals surface area (Å²) >= 11 is 0. The van der Waals surface area contributed by atoms with Crippen LogP contribution in [0.3, 0.4) is 0 Å². The summed E-state index contributed by atoms with van der Waals surface area (Å²) in [4.78, 5) is 26.7. The molecule has 1 aromatic carbocycles. The number of hydrogen-bond donors (Lipinski definition) is 0. The lowest BCUT2D eigenvalue weighted by Crippen LogP contribution is -2.49. The number of halogens is 2. The maximum atomic E-state index is 13.1. The van der Waals surface area contributed by atoms with E-state index in [0.29, 0.717) is 32.7 Å². The fraction of sp³-hybridized carbons (Fsp3) is 0.474. The van der Waals surface area contributed by atoms with Gasteiger partial charge in [0, 0.05) is 32.7 Å². The number of rotatable bonds is 6. The van der Waals surface area contributed by atoms with Crippen LogP contribution in [0.5, 0.6) is 11.5 Å². The average molecular weight is 437 g/mol. The summed E-state index contributed by atoms with van der Waals surface area (Å²) in [6, 6.07) is 5.78. The number of alkyl halides is 2. The third-order valence-corrected chi connectivity index (χ3v) is 5.44. The zero-order chi connectivity index (χ0) is 22.1. The molecule has 0 aliphatic carbocycles. The molecule has 12 heteroatoms. The molecule has 0 bridgehead atoms. The van der Waals surface area contributed by atoms with Crippen molar-refractivity contribution in [1.82, 2.24) is 19.6 Å². The van der Waals surface area contributed by atoms with Gasteiger partial charge in [-0.15, -0.1) is 0 Å². The summed E-state index contributed by atoms with van der Waals surface area (Å²) in [7, 11) is 0. The summed E-state index contributed by atoms with van der Waals surface area (Å²) in [6.45, 7) is 4.12. The van der Waals surface area contributed by atoms with E-state index in [4.69, 9.17) is 9.47 Å². The molecule has 1 amide bonds. The van der Waals surface area contributed by atoms with Crippen LogP contribution >= 0.6 is 0 Å². The standard InChI is InChI=1S/C19H21F2N5O5/c1-12-18(26(28)29)17(19(20)21)22-25(12)10-16(27)24-6-4-23(5-7-24)9-13-2-3-14-15(8-13)31-11-30-14/h2-3,8,19H,4-7,9-11H2,1H3. The molecule has 4 rings (SSSR count). The van der Waals surface area contributed by atoms with E-state index in [-0.39, 0.29) is 24.9 Å². The van der Waals surface area contributed by atoms with E-state index in [0.717, 1.165) is 21.7 Å². The van der Waals surface area contributed by atoms with Crippen LogP contribution < -0.4 is 9.47 Å². The van der Waals surface area contributed by atoms with Gasteiger partial charge in [-0.25, -0.2) is 8.78 Å². The second-order valence-electron chi connectivity index (χ2n) is 7.38. The number of nitro groups is 1. The molecule has 0 atom stereocenters. The van der Waals surface area contributed by atoms with E-state index in [9.17, 15) is 23.7 Å². The van der Waals surface area contributed by atoms with Crippen molar-refractivity contribution in [3.63, 3.8) is 0 Å². The van der Waals surface area contributed by atoms with Gasteiger partial charge in [0.2, 0.25) is 18.4 Å². The van der Waals surface area contributed by atoms with Crippen LogP contribution in [0.4, 0.5) is 14.5 Å². The van der Waals surface area contributed by atoms with Crippen molar-refractivity contribution in [2.45, 2.75) is 26.4 Å². The number of hydrogen-bond acceptors (Lipinski definition) is 7. The van der Waals surface area contributed by atoms with Crippen LogP contribution in [-0.4, -0.2) is 63.4 Å². The SMILES string of the molecule is Cc1c([N+](=O)[O-])c(C(F)F)nn1CC(=O)N1CCN(Cc2ccc3c(c2)OCO3)CC1. The Morgan fingerprint density at radius 1 is 1.23 bits per heavy atom. The molecular weight excluding hydrogens is 416 g/mol. The minimum atomic E-state index is -3.09. The number of piperazine rings is 1. The maximum absolute atomic E-state index is 13.1. The topological polar surface area (TPSA) is 103 Å². The number of nitrogens with zero attached hydrogens (tertiary/aromatic N) is 5. The average Bonchev–Trinajstić information content (AvgIpc) is 3.33. The molecule has 166 valence electrons. The van der Waals surface area contributed by atoms with Crippen LogP contribution in [-0.2, 0) is 17.9 Å². The summed E-state index contributed by atoms with van der Waals surface area (Å²) in [5.74, 6) is 1.13. The quantitative estimate of drug-likeness (QED) is 0.504. The molecule has 0 N–H and O–H groups in total. The van der Waals surface area contributed by atoms with E-state index in [1.165, 1.54) is 6.92 Å². The first-order valence-corrected chi connectivity index (χ1v) is 9.72. The van der Waals surface area contributed by atoms with Crippen molar-refractivity contribution in [1.29, 1.82) is 0 Å². The van der Waals surface area contributed by atoms with Gasteiger partial charge in [0.05, 0.1) is 4.92 Å². The van der Waals surface area contributed by atoms with Gasteiger partial charge < -0.3 is 14.4 Å². The van der Waals surface area contributed by atoms with Crippen molar-refractivity contribution in [2.75, 3.05) is 33.0 Å². The molecule has 3 heterocycles. The third kappa shape index (κ3) is 4.29. The molecule has 2 aliphatic heterocycles. The van der Waals surface area contributed by atoms with E-state index < -0.39 is 22.7 Å². The first kappa shape index (κ1) is 21.0. The van der Waals surface area contributed by atoms with Gasteiger partial charge >= 0.3 is 5.69 Å². The number of aromatic nitrogens is 2. The van der Waals surface area contributed by atoms with Crippen LogP contribution in [0, 0.1) is 17.0 Å². The molecule has 31 heavy (non-hydrogen) atoms. The lowest BCUT2D eigenvalue weighted by molar-refractivity contribution is -0.386. The monoisotopic (exact) mass is 437 g/mol. The molecule has 0 unspecified atom stereocenters. The van der Waals surface area contributed by atoms with E-state index >= 15 is 0 Å². The Morgan fingerprint density at radius 3 is 2.58 bits per heavy atom. The summed E-state index contributed by atoms with van der Waals surface area (Å²) in [5.41, 5.74) is -0.640. The van der Waals surface area contributed by atoms with Crippen molar-refractivity contribution in [2.24, 2.45) is 0 Å². The number of carbonyl (C=O) groups excluding carboxylic acids is 1. The third-order valence-electron chi connectivity index (χ3n) is 5.44. The lowest BCUT2D eigenvalue weighted by Gasteiger charge is -2.34. The minimum absolute atomic E-state index is 0.0601. The number of carbonyl (C=O) groups is 1. The van der Waals surface area contributed by atoms with Crippen LogP contribution in [0.1, 0.15) is 23.4 Å². The first-order valence-electron chi connectivity index (χ1n) is 9.72. The first-order chi connectivity index (χ1) is 14.8. The predicted molar refractivity (Wildman–Crippen MR) is 103 cm³/mol. The predicted octanol–water partition coefficient (Wildman–Crippen LogP) is 2.11. The molecule has 1 saturated heterocycles. The number of ether oxygens (including phenoxy) is 2. The molecule has 2 aromatic rings. The van der Waals surface area contributed by atoms with E-state index in [1.807, 2.05) is 18.2 Å². The van der Waals surface area contributed by atoms with Gasteiger partial charge in [-0.2, -0.15) is 5.10 Å². The van der Waals surface area contributed by atoms with Gasteiger partial charge in [0.25, 0.3) is 6.43 Å². The highest BCUT2D eigenvalue weighted by Gasteiger charge is 2.32. The fourth-order valence-electron chi connectivity index (χ4n) is 3.77. The Kier molecular flexibility index (Phi) is 5.72. The second kappa shape index (κ2) is 8.46. The highest BCUT2D eigenvalue weighted by Crippen LogP contribution is 2.33. The Labute approximate surface area is 176 Å². The van der Waals surface area contributed by atoms with Crippen molar-refractivity contribution in [3.8, 4) is 11.5 Å². The fourth-order valence-corrected chi connectivity index (χ4v) is 3.77. The largest absolute Gasteiger partial charge is 0.454 e. The summed E-state index contributed by atoms with van der Waals surface area (Å²) < 4.78 is 37.8. The minimum Gasteiger partial charge on any atom is -0.454 e. The molecule has 0 spiro atoms. The van der Waals surface area contributed by atoms with Gasteiger partial charge in [0.15, 0.2) is 11.5 Å². The van der Waals surface area contributed by atoms with Gasteiger partial charge in [-0.05, 0) is 24.6 Å². The molecule has 1 fully saturated rings. The maximum Gasteiger partial charge on any atom is 0.319 e. The van der Waals surface area contributed by atoms with Crippen LogP contribution in [0.15, 0.2) is 18.2 Å². The molecule has 10 nitrogen and oxygen atoms in total. The van der Waals surface area contributed by atoms with E-state index in [2.05, 4.69) is 10.00 Å². The van der Waals surface area contributed by atoms with Crippen molar-refractivity contribution < 1.29 is 28.0 Å². The smallest absolute Gasteiger partial charge is 0.319 e. The lowest BCUT2D eigenvalue weighted by atomic mass is 10.1. The Morgan fingerprint density at radius 2 is 1.94 bits per heavy atom. The van der Waals surface area contributed by atoms with Gasteiger partial charge in [-0.1, -0.05) is 6.07 Å². The van der Waals surface area contributed by atoms with Crippen LogP contribution in [0.25, 0.3) is 0 Å². The molecule has 2 aliphatic rings. The molecular formula is C19H21F2N5O5. The highest BCUT2D eigenvalue weighted by molar-refractivity contribution is 5.76. The zero-order valence-corrected chi connectivity index (χ0v) is 16.8. The summed E-state index contributed by atoms with van der Waals surface area (Å²) in [5, 5.41) is 14.7. The van der Waals surface area contributed by atoms with Crippen molar-refractivity contribution >= 4 is 11.6 Å². The van der Waals surface area contributed by atoms with Gasteiger partial charge in [-0.3, -0.25) is 24.5 Å². The number of fused-ring (bicyclic) bond motifs is 1. The van der Waals surface area contributed by atoms with Crippen molar-refractivity contribution in [3.05, 3.63) is 45.3 Å². The molecule has 0 radical (unpaired) electrons. The normalized spacial score (nSPS) is 16.2. The van der Waals surface area contributed by atoms with Gasteiger partial charge in [0.1, 0.15) is 12.2 Å². The molecule has 0 saturated carbocycles. The Bertz CT molecular complexity index is 1000.